The van der Waals surface area contributed by atoms with Crippen molar-refractivity contribution in [2.24, 2.45) is 0 Å². The fourth-order valence-electron chi connectivity index (χ4n) is 2.71. The molecule has 0 saturated heterocycles. The molecule has 19 heavy (non-hydrogen) atoms. The fraction of sp³-hybridized carbons (Fsp3) is 1.00. The van der Waals surface area contributed by atoms with Crippen molar-refractivity contribution in [1.29, 1.82) is 0 Å². The maximum absolute atomic E-state index is 3.68. The van der Waals surface area contributed by atoms with Gasteiger partial charge in [-0.3, -0.25) is 0 Å². The highest BCUT2D eigenvalue weighted by atomic mass is 79.9. The summed E-state index contributed by atoms with van der Waals surface area (Å²) in [6, 6.07) is 0. The number of halogens is 2. The third-order valence-electron chi connectivity index (χ3n) is 4.02. The van der Waals surface area contributed by atoms with E-state index in [9.17, 15) is 0 Å². The van der Waals surface area contributed by atoms with Crippen LogP contribution in [0.15, 0.2) is 0 Å². The van der Waals surface area contributed by atoms with Gasteiger partial charge in [0.05, 0.1) is 31.5 Å². The molecule has 0 unspecified atom stereocenters. The molecule has 0 aromatic heterocycles. The lowest BCUT2D eigenvalue weighted by Crippen LogP contribution is -3.00. The van der Waals surface area contributed by atoms with Crippen LogP contribution >= 0.6 is 15.9 Å². The molecule has 0 saturated carbocycles. The van der Waals surface area contributed by atoms with E-state index in [0.717, 1.165) is 5.33 Å². The van der Waals surface area contributed by atoms with E-state index in [-0.39, 0.29) is 12.4 Å². The zero-order chi connectivity index (χ0) is 13.7. The Morgan fingerprint density at radius 3 is 1.53 bits per heavy atom. The number of alkyl halides is 1. The molecule has 0 aliphatic heterocycles. The normalized spacial score (nSPS) is 11.4. The largest absolute Gasteiger partial charge is 1.00 e. The summed E-state index contributed by atoms with van der Waals surface area (Å²) >= 11 is 3.68. The van der Waals surface area contributed by atoms with Crippen molar-refractivity contribution < 1.29 is 16.9 Å². The van der Waals surface area contributed by atoms with E-state index >= 15 is 0 Å². The van der Waals surface area contributed by atoms with E-state index in [1.54, 1.807) is 0 Å². The molecule has 0 atom stereocenters. The minimum Gasteiger partial charge on any atom is -1.00 e. The van der Waals surface area contributed by atoms with E-state index in [0.29, 0.717) is 0 Å². The molecule has 0 aromatic carbocycles. The first-order chi connectivity index (χ1) is 8.74. The SMILES string of the molecule is CCCCCC[N+](CCBr)(CCCC)CCCC.[Cl-]. The van der Waals surface area contributed by atoms with Gasteiger partial charge in [-0.2, -0.15) is 0 Å². The Labute approximate surface area is 136 Å². The van der Waals surface area contributed by atoms with Crippen LogP contribution in [-0.4, -0.2) is 36.0 Å². The van der Waals surface area contributed by atoms with Crippen LogP contribution in [0.4, 0.5) is 0 Å². The van der Waals surface area contributed by atoms with Crippen LogP contribution < -0.4 is 12.4 Å². The first kappa shape index (κ1) is 22.0. The predicted molar refractivity (Wildman–Crippen MR) is 87.5 cm³/mol. The first-order valence-corrected chi connectivity index (χ1v) is 9.27. The summed E-state index contributed by atoms with van der Waals surface area (Å²) in [6.07, 6.45) is 11.1. The number of unbranched alkanes of at least 4 members (excludes halogenated alkanes) is 5. The summed E-state index contributed by atoms with van der Waals surface area (Å²) in [5.41, 5.74) is 0. The van der Waals surface area contributed by atoms with E-state index in [1.165, 1.54) is 82.0 Å². The van der Waals surface area contributed by atoms with Gasteiger partial charge < -0.3 is 16.9 Å². The zero-order valence-corrected chi connectivity index (χ0v) is 15.7. The summed E-state index contributed by atoms with van der Waals surface area (Å²) in [4.78, 5) is 0. The molecule has 118 valence electrons. The molecular formula is C16H35BrClN. The standard InChI is InChI=1S/C16H35BrN.ClH/c1-4-7-10-11-15-18(16-12-17,13-8-5-2)14-9-6-3;/h4-16H2,1-3H3;1H/q+1;/p-1. The molecule has 0 radical (unpaired) electrons. The maximum Gasteiger partial charge on any atom is 0.0885 e. The number of hydrogen-bond acceptors (Lipinski definition) is 0. The molecule has 0 heterocycles. The molecule has 0 bridgehead atoms. The Hall–Kier alpha value is 0.730. The maximum atomic E-state index is 3.68. The summed E-state index contributed by atoms with van der Waals surface area (Å²) in [5.74, 6) is 0. The molecule has 0 aliphatic carbocycles. The lowest BCUT2D eigenvalue weighted by molar-refractivity contribution is -0.926. The Morgan fingerprint density at radius 2 is 1.11 bits per heavy atom. The lowest BCUT2D eigenvalue weighted by Gasteiger charge is -2.39. The molecule has 0 rings (SSSR count). The predicted octanol–water partition coefficient (Wildman–Crippen LogP) is 2.38. The summed E-state index contributed by atoms with van der Waals surface area (Å²) in [7, 11) is 0. The van der Waals surface area contributed by atoms with E-state index < -0.39 is 0 Å². The quantitative estimate of drug-likeness (QED) is 0.270. The minimum atomic E-state index is 0. The molecule has 0 spiro atoms. The Morgan fingerprint density at radius 1 is 0.632 bits per heavy atom. The molecule has 0 amide bonds. The molecular weight excluding hydrogens is 322 g/mol. The van der Waals surface area contributed by atoms with Crippen molar-refractivity contribution >= 4 is 15.9 Å². The average molecular weight is 357 g/mol. The van der Waals surface area contributed by atoms with Gasteiger partial charge in [-0.05, 0) is 25.7 Å². The van der Waals surface area contributed by atoms with E-state index in [1.807, 2.05) is 0 Å². The topological polar surface area (TPSA) is 0 Å². The van der Waals surface area contributed by atoms with Gasteiger partial charge >= 0.3 is 0 Å². The van der Waals surface area contributed by atoms with Crippen molar-refractivity contribution in [1.82, 2.24) is 0 Å². The molecule has 3 heteroatoms. The van der Waals surface area contributed by atoms with Gasteiger partial charge in [-0.25, -0.2) is 0 Å². The van der Waals surface area contributed by atoms with Crippen LogP contribution in [-0.2, 0) is 0 Å². The van der Waals surface area contributed by atoms with Crippen LogP contribution in [0.1, 0.15) is 72.1 Å². The monoisotopic (exact) mass is 355 g/mol. The highest BCUT2D eigenvalue weighted by Gasteiger charge is 2.24. The Bertz CT molecular complexity index is 168. The molecule has 0 fully saturated rings. The number of hydrogen-bond donors (Lipinski definition) is 0. The lowest BCUT2D eigenvalue weighted by atomic mass is 10.1. The van der Waals surface area contributed by atoms with Crippen LogP contribution in [0.3, 0.4) is 0 Å². The Kier molecular flexibility index (Phi) is 17.5. The van der Waals surface area contributed by atoms with Gasteiger partial charge in [0.25, 0.3) is 0 Å². The average Bonchev–Trinajstić information content (AvgIpc) is 2.39. The smallest absolute Gasteiger partial charge is 0.0885 e. The Balaban J connectivity index is 0. The van der Waals surface area contributed by atoms with E-state index in [4.69, 9.17) is 0 Å². The van der Waals surface area contributed by atoms with Crippen molar-refractivity contribution in [2.75, 3.05) is 31.5 Å². The second kappa shape index (κ2) is 15.1. The second-order valence-electron chi connectivity index (χ2n) is 5.69. The second-order valence-corrected chi connectivity index (χ2v) is 6.49. The van der Waals surface area contributed by atoms with Gasteiger partial charge in [-0.1, -0.05) is 62.4 Å². The van der Waals surface area contributed by atoms with Gasteiger partial charge in [-0.15, -0.1) is 0 Å². The summed E-state index contributed by atoms with van der Waals surface area (Å²) in [6.45, 7) is 12.5. The summed E-state index contributed by atoms with van der Waals surface area (Å²) < 4.78 is 1.37. The van der Waals surface area contributed by atoms with Gasteiger partial charge in [0.15, 0.2) is 0 Å². The van der Waals surface area contributed by atoms with Crippen LogP contribution in [0.5, 0.6) is 0 Å². The molecule has 0 aliphatic rings. The first-order valence-electron chi connectivity index (χ1n) is 8.15. The molecule has 0 aromatic rings. The highest BCUT2D eigenvalue weighted by Crippen LogP contribution is 2.16. The van der Waals surface area contributed by atoms with Crippen LogP contribution in [0.2, 0.25) is 0 Å². The minimum absolute atomic E-state index is 0. The van der Waals surface area contributed by atoms with Gasteiger partial charge in [0.2, 0.25) is 0 Å². The van der Waals surface area contributed by atoms with Crippen molar-refractivity contribution in [3.63, 3.8) is 0 Å². The third kappa shape index (κ3) is 11.1. The number of nitrogens with zero attached hydrogens (tertiary/aromatic N) is 1. The van der Waals surface area contributed by atoms with Crippen LogP contribution in [0.25, 0.3) is 0 Å². The summed E-state index contributed by atoms with van der Waals surface area (Å²) in [5, 5.41) is 1.16. The third-order valence-corrected chi connectivity index (χ3v) is 4.37. The van der Waals surface area contributed by atoms with Gasteiger partial charge in [0, 0.05) is 0 Å². The molecule has 0 N–H and O–H groups in total. The highest BCUT2D eigenvalue weighted by molar-refractivity contribution is 9.09. The van der Waals surface area contributed by atoms with Crippen molar-refractivity contribution in [2.45, 2.75) is 72.1 Å². The van der Waals surface area contributed by atoms with Crippen LogP contribution in [0, 0.1) is 0 Å². The zero-order valence-electron chi connectivity index (χ0n) is 13.4. The van der Waals surface area contributed by atoms with Gasteiger partial charge in [0.1, 0.15) is 0 Å². The van der Waals surface area contributed by atoms with E-state index in [2.05, 4.69) is 36.7 Å². The van der Waals surface area contributed by atoms with Crippen molar-refractivity contribution in [3.8, 4) is 0 Å². The van der Waals surface area contributed by atoms with Crippen molar-refractivity contribution in [3.05, 3.63) is 0 Å². The number of rotatable bonds is 13. The number of quaternary nitrogens is 1. The molecule has 1 nitrogen and oxygen atoms in total. The fourth-order valence-corrected chi connectivity index (χ4v) is 3.46.